The van der Waals surface area contributed by atoms with Crippen LogP contribution in [0.2, 0.25) is 19.1 Å². The zero-order chi connectivity index (χ0) is 26.0. The molecule has 4 aromatic rings. The molecule has 3 N–H and O–H groups in total. The van der Waals surface area contributed by atoms with E-state index in [1.54, 1.807) is 18.3 Å². The van der Waals surface area contributed by atoms with E-state index in [2.05, 4.69) is 30.6 Å². The lowest BCUT2D eigenvalue weighted by Gasteiger charge is -2.14. The molecule has 190 valence electrons. The molecule has 0 amide bonds. The normalized spacial score (nSPS) is 12.0. The van der Waals surface area contributed by atoms with E-state index in [0.29, 0.717) is 29.3 Å². The largest absolute Gasteiger partial charge is 0.432 e. The summed E-state index contributed by atoms with van der Waals surface area (Å²) >= 11 is 0. The van der Waals surface area contributed by atoms with Gasteiger partial charge in [-0.3, -0.25) is 0 Å². The van der Waals surface area contributed by atoms with Gasteiger partial charge in [-0.25, -0.2) is 28.7 Å². The van der Waals surface area contributed by atoms with Gasteiger partial charge in [0.1, 0.15) is 22.9 Å². The number of aryl methyl sites for hydroxylation is 1. The van der Waals surface area contributed by atoms with E-state index in [-0.39, 0.29) is 23.2 Å². The topological polar surface area (TPSA) is 101 Å². The molecule has 8 nitrogen and oxygen atoms in total. The third-order valence-electron chi connectivity index (χ3n) is 5.77. The molecule has 0 unspecified atom stereocenters. The number of halogens is 2. The summed E-state index contributed by atoms with van der Waals surface area (Å²) in [5, 5.41) is 6.28. The smallest absolute Gasteiger partial charge is 0.229 e. The molecule has 0 spiro atoms. The number of aromatic nitrogens is 5. The molecule has 0 bridgehead atoms. The number of fused-ring (bicyclic) bond motifs is 1. The standard InChI is InChI=1S/C25H31F2N7OSi/c1-15(2)34-16(3)31-24-19(26)10-18(11-21(24)34)23-20(27)14-30-25(33-23)32-22-7-6-17(13-29-22)12-28-8-9-36(4,5)35/h6-7,10-11,13-15,28,35H,8-9,12H2,1-5H3,(H,29,30,32,33). The molecule has 0 aliphatic heterocycles. The highest BCUT2D eigenvalue weighted by atomic mass is 28.4. The number of pyridine rings is 1. The van der Waals surface area contributed by atoms with E-state index >= 15 is 0 Å². The van der Waals surface area contributed by atoms with Gasteiger partial charge in [-0.15, -0.1) is 0 Å². The van der Waals surface area contributed by atoms with Gasteiger partial charge < -0.3 is 20.0 Å². The fraction of sp³-hybridized carbons (Fsp3) is 0.360. The highest BCUT2D eigenvalue weighted by Crippen LogP contribution is 2.30. The summed E-state index contributed by atoms with van der Waals surface area (Å²) in [5.41, 5.74) is 2.10. The van der Waals surface area contributed by atoms with Gasteiger partial charge in [-0.05, 0) is 70.2 Å². The Morgan fingerprint density at radius 3 is 2.50 bits per heavy atom. The lowest BCUT2D eigenvalue weighted by molar-refractivity contribution is 0.541. The van der Waals surface area contributed by atoms with E-state index in [9.17, 15) is 13.6 Å². The van der Waals surface area contributed by atoms with Crippen LogP contribution in [0.25, 0.3) is 22.3 Å². The van der Waals surface area contributed by atoms with Crippen molar-refractivity contribution in [3.8, 4) is 11.3 Å². The van der Waals surface area contributed by atoms with Gasteiger partial charge in [0.25, 0.3) is 0 Å². The number of hydrogen-bond acceptors (Lipinski definition) is 7. The van der Waals surface area contributed by atoms with Crippen LogP contribution in [0.5, 0.6) is 0 Å². The van der Waals surface area contributed by atoms with Crippen LogP contribution < -0.4 is 10.6 Å². The minimum Gasteiger partial charge on any atom is -0.432 e. The maximum absolute atomic E-state index is 14.9. The molecule has 0 radical (unpaired) electrons. The summed E-state index contributed by atoms with van der Waals surface area (Å²) < 4.78 is 31.5. The summed E-state index contributed by atoms with van der Waals surface area (Å²) in [6.07, 6.45) is 2.78. The van der Waals surface area contributed by atoms with Crippen molar-refractivity contribution in [1.29, 1.82) is 0 Å². The van der Waals surface area contributed by atoms with Crippen LogP contribution in [0.1, 0.15) is 31.3 Å². The number of imidazole rings is 1. The Labute approximate surface area is 210 Å². The van der Waals surface area contributed by atoms with E-state index in [1.165, 1.54) is 6.07 Å². The zero-order valence-corrected chi connectivity index (χ0v) is 22.1. The van der Waals surface area contributed by atoms with Gasteiger partial charge in [-0.2, -0.15) is 0 Å². The van der Waals surface area contributed by atoms with Gasteiger partial charge in [0, 0.05) is 24.3 Å². The zero-order valence-electron chi connectivity index (χ0n) is 21.1. The van der Waals surface area contributed by atoms with E-state index in [0.717, 1.165) is 24.3 Å². The Morgan fingerprint density at radius 2 is 1.83 bits per heavy atom. The first-order valence-corrected chi connectivity index (χ1v) is 15.0. The Bertz CT molecular complexity index is 1370. The molecule has 3 heterocycles. The van der Waals surface area contributed by atoms with Crippen LogP contribution in [0.15, 0.2) is 36.7 Å². The third kappa shape index (κ3) is 5.92. The Hall–Kier alpha value is -3.28. The van der Waals surface area contributed by atoms with Crippen LogP contribution in [0.4, 0.5) is 20.5 Å². The number of nitrogens with zero attached hydrogens (tertiary/aromatic N) is 5. The van der Waals surface area contributed by atoms with Gasteiger partial charge in [-0.1, -0.05) is 6.07 Å². The van der Waals surface area contributed by atoms with Gasteiger partial charge >= 0.3 is 0 Å². The van der Waals surface area contributed by atoms with Crippen LogP contribution in [-0.4, -0.2) is 44.2 Å². The van der Waals surface area contributed by atoms with Crippen LogP contribution >= 0.6 is 0 Å². The number of anilines is 2. The highest BCUT2D eigenvalue weighted by Gasteiger charge is 2.19. The number of benzene rings is 1. The van der Waals surface area contributed by atoms with Crippen molar-refractivity contribution in [2.24, 2.45) is 0 Å². The Kier molecular flexibility index (Phi) is 7.43. The maximum Gasteiger partial charge on any atom is 0.229 e. The lowest BCUT2D eigenvalue weighted by Crippen LogP contribution is -2.30. The number of hydrogen-bond donors (Lipinski definition) is 3. The quantitative estimate of drug-likeness (QED) is 0.213. The fourth-order valence-electron chi connectivity index (χ4n) is 4.03. The SMILES string of the molecule is Cc1nc2c(F)cc(-c3nc(Nc4ccc(CNCC[Si](C)(C)O)cn4)ncc3F)cc2n1C(C)C. The van der Waals surface area contributed by atoms with Crippen molar-refractivity contribution in [3.63, 3.8) is 0 Å². The maximum atomic E-state index is 14.9. The predicted molar refractivity (Wildman–Crippen MR) is 140 cm³/mol. The first kappa shape index (κ1) is 25.8. The summed E-state index contributed by atoms with van der Waals surface area (Å²) in [4.78, 5) is 27.0. The second-order valence-electron chi connectivity index (χ2n) is 9.75. The average Bonchev–Trinajstić information content (AvgIpc) is 3.15. The van der Waals surface area contributed by atoms with Crippen molar-refractivity contribution >= 4 is 31.1 Å². The van der Waals surface area contributed by atoms with Crippen molar-refractivity contribution in [2.45, 2.75) is 52.5 Å². The predicted octanol–water partition coefficient (Wildman–Crippen LogP) is 5.09. The minimum atomic E-state index is -2.06. The molecule has 36 heavy (non-hydrogen) atoms. The van der Waals surface area contributed by atoms with Crippen LogP contribution in [-0.2, 0) is 6.54 Å². The summed E-state index contributed by atoms with van der Waals surface area (Å²) in [6.45, 7) is 11.0. The van der Waals surface area contributed by atoms with Gasteiger partial charge in [0.2, 0.25) is 5.95 Å². The molecular weight excluding hydrogens is 480 g/mol. The molecule has 11 heteroatoms. The van der Waals surface area contributed by atoms with E-state index in [1.807, 2.05) is 44.5 Å². The second kappa shape index (κ2) is 10.4. The first-order chi connectivity index (χ1) is 17.0. The van der Waals surface area contributed by atoms with Crippen LogP contribution in [0.3, 0.4) is 0 Å². The van der Waals surface area contributed by atoms with Crippen LogP contribution in [0, 0.1) is 18.6 Å². The molecule has 3 aromatic heterocycles. The summed E-state index contributed by atoms with van der Waals surface area (Å²) in [5.74, 6) is 0.137. The van der Waals surface area contributed by atoms with Crippen molar-refractivity contribution < 1.29 is 13.6 Å². The molecular formula is C25H31F2N7OSi. The monoisotopic (exact) mass is 511 g/mol. The molecule has 0 saturated carbocycles. The summed E-state index contributed by atoms with van der Waals surface area (Å²) in [7, 11) is -2.06. The van der Waals surface area contributed by atoms with E-state index < -0.39 is 20.0 Å². The number of rotatable bonds is 9. The minimum absolute atomic E-state index is 0.0152. The number of nitrogens with one attached hydrogen (secondary N) is 2. The molecule has 4 rings (SSSR count). The van der Waals surface area contributed by atoms with Gasteiger partial charge in [0.15, 0.2) is 20.0 Å². The molecule has 0 aliphatic carbocycles. The first-order valence-electron chi connectivity index (χ1n) is 11.9. The molecule has 0 saturated heterocycles. The average molecular weight is 512 g/mol. The third-order valence-corrected chi connectivity index (χ3v) is 7.24. The lowest BCUT2D eigenvalue weighted by atomic mass is 10.1. The molecule has 1 aromatic carbocycles. The molecule has 0 atom stereocenters. The fourth-order valence-corrected chi connectivity index (χ4v) is 4.82. The highest BCUT2D eigenvalue weighted by molar-refractivity contribution is 6.69. The Balaban J connectivity index is 1.53. The van der Waals surface area contributed by atoms with Gasteiger partial charge in [0.05, 0.1) is 11.7 Å². The van der Waals surface area contributed by atoms with Crippen molar-refractivity contribution in [2.75, 3.05) is 11.9 Å². The molecule has 0 fully saturated rings. The second-order valence-corrected chi connectivity index (χ2v) is 13.9. The van der Waals surface area contributed by atoms with E-state index in [4.69, 9.17) is 0 Å². The molecule has 0 aliphatic rings. The van der Waals surface area contributed by atoms with Crippen molar-refractivity contribution in [3.05, 3.63) is 59.7 Å². The summed E-state index contributed by atoms with van der Waals surface area (Å²) in [6, 6.07) is 7.48. The van der Waals surface area contributed by atoms with Crippen molar-refractivity contribution in [1.82, 2.24) is 29.8 Å². The Morgan fingerprint density at radius 1 is 1.06 bits per heavy atom.